The summed E-state index contributed by atoms with van der Waals surface area (Å²) in [6.07, 6.45) is 2.17. The molecule has 5 nitrogen and oxygen atoms in total. The molecule has 0 aromatic carbocycles. The van der Waals surface area contributed by atoms with Gasteiger partial charge in [-0.15, -0.1) is 0 Å². The summed E-state index contributed by atoms with van der Waals surface area (Å²) in [5.41, 5.74) is 0.683. The van der Waals surface area contributed by atoms with E-state index in [1.54, 1.807) is 6.92 Å². The minimum atomic E-state index is -0.167. The fourth-order valence-corrected chi connectivity index (χ4v) is 2.45. The van der Waals surface area contributed by atoms with Gasteiger partial charge >= 0.3 is 5.97 Å². The molecule has 6 heteroatoms. The van der Waals surface area contributed by atoms with E-state index in [0.717, 1.165) is 12.0 Å². The number of ether oxygens (including phenoxy) is 1. The zero-order chi connectivity index (χ0) is 14.9. The quantitative estimate of drug-likeness (QED) is 0.683. The van der Waals surface area contributed by atoms with E-state index in [2.05, 4.69) is 15.3 Å². The second-order valence-corrected chi connectivity index (χ2v) is 6.36. The van der Waals surface area contributed by atoms with Gasteiger partial charge in [0, 0.05) is 17.0 Å². The first-order valence-corrected chi connectivity index (χ1v) is 7.16. The van der Waals surface area contributed by atoms with Crippen molar-refractivity contribution < 1.29 is 9.53 Å². The maximum Gasteiger partial charge on any atom is 0.309 e. The summed E-state index contributed by atoms with van der Waals surface area (Å²) in [5.74, 6) is 0.458. The second-order valence-electron chi connectivity index (χ2n) is 6.00. The summed E-state index contributed by atoms with van der Waals surface area (Å²) < 4.78 is 5.05. The summed E-state index contributed by atoms with van der Waals surface area (Å²) in [6, 6.07) is 0. The van der Waals surface area contributed by atoms with Gasteiger partial charge in [0.1, 0.15) is 17.3 Å². The molecule has 1 aliphatic rings. The molecule has 2 unspecified atom stereocenters. The van der Waals surface area contributed by atoms with E-state index < -0.39 is 0 Å². The largest absolute Gasteiger partial charge is 0.466 e. The molecule has 1 aliphatic carbocycles. The van der Waals surface area contributed by atoms with Gasteiger partial charge in [0.15, 0.2) is 0 Å². The molecular formula is C14H20ClN3O2. The number of hydrogen-bond acceptors (Lipinski definition) is 5. The highest BCUT2D eigenvalue weighted by molar-refractivity contribution is 6.30. The lowest BCUT2D eigenvalue weighted by Gasteiger charge is -2.23. The van der Waals surface area contributed by atoms with Crippen LogP contribution in [0.5, 0.6) is 0 Å². The lowest BCUT2D eigenvalue weighted by atomic mass is 10.1. The van der Waals surface area contributed by atoms with Crippen LogP contribution in [0.3, 0.4) is 0 Å². The third-order valence-corrected chi connectivity index (χ3v) is 3.38. The van der Waals surface area contributed by atoms with Gasteiger partial charge in [0.25, 0.3) is 0 Å². The summed E-state index contributed by atoms with van der Waals surface area (Å²) in [7, 11) is 0. The maximum atomic E-state index is 11.8. The molecule has 1 saturated carbocycles. The molecule has 2 atom stereocenters. The monoisotopic (exact) mass is 297 g/mol. The molecule has 1 N–H and O–H groups in total. The van der Waals surface area contributed by atoms with Crippen molar-refractivity contribution in [3.8, 4) is 0 Å². The second kappa shape index (κ2) is 5.56. The van der Waals surface area contributed by atoms with Crippen LogP contribution in [-0.4, -0.2) is 28.1 Å². The third-order valence-electron chi connectivity index (χ3n) is 3.08. The molecule has 2 rings (SSSR count). The van der Waals surface area contributed by atoms with Gasteiger partial charge in [0.2, 0.25) is 0 Å². The van der Waals surface area contributed by atoms with Crippen molar-refractivity contribution >= 4 is 23.4 Å². The molecule has 0 aliphatic heterocycles. The van der Waals surface area contributed by atoms with E-state index in [0.29, 0.717) is 17.6 Å². The molecule has 0 saturated heterocycles. The van der Waals surface area contributed by atoms with Crippen LogP contribution >= 0.6 is 11.6 Å². The Labute approximate surface area is 124 Å². The number of esters is 1. The summed E-state index contributed by atoms with van der Waals surface area (Å²) in [6.45, 7) is 8.34. The molecule has 0 amide bonds. The van der Waals surface area contributed by atoms with Crippen molar-refractivity contribution in [3.05, 3.63) is 17.0 Å². The number of aromatic nitrogens is 2. The third kappa shape index (κ3) is 3.39. The van der Waals surface area contributed by atoms with Crippen LogP contribution < -0.4 is 5.32 Å². The first-order valence-electron chi connectivity index (χ1n) is 6.78. The Morgan fingerprint density at radius 3 is 2.80 bits per heavy atom. The number of rotatable bonds is 4. The highest BCUT2D eigenvalue weighted by Crippen LogP contribution is 2.52. The topological polar surface area (TPSA) is 64.1 Å². The van der Waals surface area contributed by atoms with Gasteiger partial charge in [-0.2, -0.15) is 0 Å². The molecule has 0 bridgehead atoms. The van der Waals surface area contributed by atoms with Crippen molar-refractivity contribution in [1.29, 1.82) is 0 Å². The summed E-state index contributed by atoms with van der Waals surface area (Å²) in [4.78, 5) is 20.1. The SMILES string of the molecule is CCOC(=O)C1CC1c1c(Cl)ncnc1NC(C)(C)C. The Kier molecular flexibility index (Phi) is 4.18. The lowest BCUT2D eigenvalue weighted by molar-refractivity contribution is -0.144. The maximum absolute atomic E-state index is 11.8. The number of anilines is 1. The van der Waals surface area contributed by atoms with Crippen LogP contribution in [0.25, 0.3) is 0 Å². The number of carbonyl (C=O) groups is 1. The highest BCUT2D eigenvalue weighted by Gasteiger charge is 2.48. The van der Waals surface area contributed by atoms with Crippen molar-refractivity contribution in [2.24, 2.45) is 5.92 Å². The number of halogens is 1. The minimum absolute atomic E-state index is 0.0487. The molecule has 1 fully saturated rings. The van der Waals surface area contributed by atoms with Gasteiger partial charge in [-0.1, -0.05) is 11.6 Å². The Morgan fingerprint density at radius 1 is 1.50 bits per heavy atom. The van der Waals surface area contributed by atoms with Crippen LogP contribution in [0.2, 0.25) is 5.15 Å². The van der Waals surface area contributed by atoms with Gasteiger partial charge in [-0.25, -0.2) is 9.97 Å². The smallest absolute Gasteiger partial charge is 0.309 e. The Hall–Kier alpha value is -1.36. The average molecular weight is 298 g/mol. The highest BCUT2D eigenvalue weighted by atomic mass is 35.5. The normalized spacial score (nSPS) is 21.4. The fraction of sp³-hybridized carbons (Fsp3) is 0.643. The van der Waals surface area contributed by atoms with Gasteiger partial charge in [0.05, 0.1) is 12.5 Å². The molecule has 110 valence electrons. The number of carbonyl (C=O) groups excluding carboxylic acids is 1. The van der Waals surface area contributed by atoms with E-state index in [1.807, 2.05) is 20.8 Å². The van der Waals surface area contributed by atoms with Gasteiger partial charge in [-0.3, -0.25) is 4.79 Å². The first kappa shape index (κ1) is 15.0. The van der Waals surface area contributed by atoms with Crippen LogP contribution in [0, 0.1) is 5.92 Å². The van der Waals surface area contributed by atoms with Crippen LogP contribution in [0.4, 0.5) is 5.82 Å². The van der Waals surface area contributed by atoms with Crippen molar-refractivity contribution in [3.63, 3.8) is 0 Å². The van der Waals surface area contributed by atoms with E-state index in [4.69, 9.17) is 16.3 Å². The van der Waals surface area contributed by atoms with Crippen molar-refractivity contribution in [1.82, 2.24) is 9.97 Å². The predicted molar refractivity (Wildman–Crippen MR) is 77.9 cm³/mol. The molecule has 0 radical (unpaired) electrons. The number of hydrogen-bond donors (Lipinski definition) is 1. The summed E-state index contributed by atoms with van der Waals surface area (Å²) in [5, 5.41) is 3.72. The molecule has 1 aromatic heterocycles. The van der Waals surface area contributed by atoms with E-state index in [-0.39, 0.29) is 23.3 Å². The molecule has 0 spiro atoms. The molecular weight excluding hydrogens is 278 g/mol. The van der Waals surface area contributed by atoms with Crippen LogP contribution in [0.1, 0.15) is 45.6 Å². The molecule has 1 aromatic rings. The van der Waals surface area contributed by atoms with Crippen LogP contribution in [-0.2, 0) is 9.53 Å². The number of nitrogens with one attached hydrogen (secondary N) is 1. The number of nitrogens with zero attached hydrogens (tertiary/aromatic N) is 2. The zero-order valence-corrected chi connectivity index (χ0v) is 13.0. The Bertz CT molecular complexity index is 514. The van der Waals surface area contributed by atoms with Gasteiger partial charge in [-0.05, 0) is 34.1 Å². The van der Waals surface area contributed by atoms with E-state index in [9.17, 15) is 4.79 Å². The van der Waals surface area contributed by atoms with Gasteiger partial charge < -0.3 is 10.1 Å². The average Bonchev–Trinajstić information content (AvgIpc) is 3.07. The standard InChI is InChI=1S/C14H20ClN3O2/c1-5-20-13(19)9-6-8(9)10-11(15)16-7-17-12(10)18-14(2,3)4/h7-9H,5-6H2,1-4H3,(H,16,17,18). The Morgan fingerprint density at radius 2 is 2.20 bits per heavy atom. The van der Waals surface area contributed by atoms with Crippen molar-refractivity contribution in [2.75, 3.05) is 11.9 Å². The van der Waals surface area contributed by atoms with Crippen LogP contribution in [0.15, 0.2) is 6.33 Å². The predicted octanol–water partition coefficient (Wildman–Crippen LogP) is 3.01. The zero-order valence-electron chi connectivity index (χ0n) is 12.2. The lowest BCUT2D eigenvalue weighted by Crippen LogP contribution is -2.27. The Balaban J connectivity index is 2.22. The summed E-state index contributed by atoms with van der Waals surface area (Å²) >= 11 is 6.20. The fourth-order valence-electron chi connectivity index (χ4n) is 2.18. The minimum Gasteiger partial charge on any atom is -0.466 e. The van der Waals surface area contributed by atoms with Crippen molar-refractivity contribution in [2.45, 2.75) is 45.6 Å². The van der Waals surface area contributed by atoms with E-state index >= 15 is 0 Å². The molecule has 1 heterocycles. The van der Waals surface area contributed by atoms with E-state index in [1.165, 1.54) is 6.33 Å². The molecule has 20 heavy (non-hydrogen) atoms. The first-order chi connectivity index (χ1) is 9.33.